The number of piperazine rings is 1. The zero-order valence-corrected chi connectivity index (χ0v) is 30.7. The van der Waals surface area contributed by atoms with E-state index in [1.54, 1.807) is 38.8 Å². The van der Waals surface area contributed by atoms with Crippen LogP contribution >= 0.6 is 23.1 Å². The minimum absolute atomic E-state index is 0.311. The van der Waals surface area contributed by atoms with Crippen LogP contribution in [0.3, 0.4) is 0 Å². The Morgan fingerprint density at radius 3 is 2.44 bits per heavy atom. The highest BCUT2D eigenvalue weighted by Crippen LogP contribution is 2.42. The number of likely N-dealkylation sites (N-methyl/N-ethyl adjacent to an activating group) is 1. The van der Waals surface area contributed by atoms with Crippen molar-refractivity contribution in [1.82, 2.24) is 24.8 Å². The van der Waals surface area contributed by atoms with E-state index < -0.39 is 7.14 Å². The molecule has 0 unspecified atom stereocenters. The highest BCUT2D eigenvalue weighted by atomic mass is 79.9. The lowest BCUT2D eigenvalue weighted by atomic mass is 9.99. The van der Waals surface area contributed by atoms with Gasteiger partial charge in [-0.25, -0.2) is 9.97 Å². The standard InChI is InChI=1S/C35H43BrN9O2P/c1-6-23-19-30(32(47-3)20-31(23)45-13-11-25(12-14-45)44-17-15-43(2)16-18-44)41-35-38-22-27(36)34(42-35)40-29-10-9-28-26(33(29)48(4,5)46)8-7-24(21-37)39-28/h7-10,19-20,22,25H,6,11-18H2,1-5H3,(H2,38,40,41,42). The van der Waals surface area contributed by atoms with Gasteiger partial charge in [0.1, 0.15) is 30.5 Å². The molecule has 4 heterocycles. The van der Waals surface area contributed by atoms with E-state index in [1.165, 1.54) is 24.1 Å². The normalized spacial score (nSPS) is 16.6. The monoisotopic (exact) mass is 731 g/mol. The first-order chi connectivity index (χ1) is 23.1. The molecule has 0 bridgehead atoms. The molecule has 252 valence electrons. The minimum atomic E-state index is -2.78. The van der Waals surface area contributed by atoms with Gasteiger partial charge >= 0.3 is 0 Å². The van der Waals surface area contributed by atoms with Crippen molar-refractivity contribution in [3.8, 4) is 11.8 Å². The van der Waals surface area contributed by atoms with Crippen LogP contribution in [-0.2, 0) is 11.0 Å². The van der Waals surface area contributed by atoms with Gasteiger partial charge in [-0.05, 0) is 91.5 Å². The number of hydrogen-bond acceptors (Lipinski definition) is 11. The second kappa shape index (κ2) is 14.4. The van der Waals surface area contributed by atoms with E-state index in [0.29, 0.717) is 44.5 Å². The van der Waals surface area contributed by atoms with Gasteiger partial charge in [-0.2, -0.15) is 10.2 Å². The maximum absolute atomic E-state index is 13.6. The molecule has 2 aliphatic rings. The number of halogens is 1. The fraction of sp³-hybridized carbons (Fsp3) is 0.429. The molecule has 4 aromatic rings. The van der Waals surface area contributed by atoms with E-state index in [9.17, 15) is 9.83 Å². The number of aryl methyl sites for hydroxylation is 1. The van der Waals surface area contributed by atoms with Gasteiger partial charge in [-0.3, -0.25) is 4.90 Å². The van der Waals surface area contributed by atoms with Crippen molar-refractivity contribution in [2.75, 3.05) is 82.3 Å². The number of pyridine rings is 1. The van der Waals surface area contributed by atoms with Crippen molar-refractivity contribution in [3.05, 3.63) is 58.3 Å². The van der Waals surface area contributed by atoms with Crippen LogP contribution in [0.4, 0.5) is 28.8 Å². The van der Waals surface area contributed by atoms with Gasteiger partial charge < -0.3 is 29.7 Å². The quantitative estimate of drug-likeness (QED) is 0.192. The number of nitrogens with zero attached hydrogens (tertiary/aromatic N) is 7. The predicted octanol–water partition coefficient (Wildman–Crippen LogP) is 6.18. The summed E-state index contributed by atoms with van der Waals surface area (Å²) in [7, 11) is 1.12. The van der Waals surface area contributed by atoms with E-state index in [1.807, 2.05) is 12.1 Å². The van der Waals surface area contributed by atoms with Crippen molar-refractivity contribution in [3.63, 3.8) is 0 Å². The van der Waals surface area contributed by atoms with E-state index in [0.717, 1.165) is 62.5 Å². The van der Waals surface area contributed by atoms with Gasteiger partial charge in [0.05, 0.1) is 28.5 Å². The molecule has 48 heavy (non-hydrogen) atoms. The molecule has 2 aromatic carbocycles. The summed E-state index contributed by atoms with van der Waals surface area (Å²) in [5.74, 6) is 1.63. The third kappa shape index (κ3) is 7.30. The molecule has 0 saturated carbocycles. The number of piperidine rings is 1. The number of anilines is 5. The highest BCUT2D eigenvalue weighted by molar-refractivity contribution is 9.10. The number of methoxy groups -OCH3 is 1. The van der Waals surface area contributed by atoms with Crippen LogP contribution in [0.2, 0.25) is 0 Å². The van der Waals surface area contributed by atoms with Gasteiger partial charge in [-0.15, -0.1) is 0 Å². The molecule has 2 aromatic heterocycles. The van der Waals surface area contributed by atoms with Crippen LogP contribution in [-0.4, -0.2) is 97.5 Å². The topological polar surface area (TPSA) is 123 Å². The van der Waals surface area contributed by atoms with E-state index in [-0.39, 0.29) is 0 Å². The van der Waals surface area contributed by atoms with Crippen LogP contribution < -0.4 is 25.6 Å². The largest absolute Gasteiger partial charge is 0.494 e. The molecule has 2 fully saturated rings. The first kappa shape index (κ1) is 34.1. The number of fused-ring (bicyclic) bond motifs is 1. The molecule has 0 radical (unpaired) electrons. The SMILES string of the molecule is CCc1cc(Nc2ncc(Br)c(Nc3ccc4nc(C#N)ccc4c3P(C)(C)=O)n2)c(OC)cc1N1CCC(N2CCN(C)CC2)CC1. The Hall–Kier alpha value is -3.75. The lowest BCUT2D eigenvalue weighted by Gasteiger charge is -2.43. The smallest absolute Gasteiger partial charge is 0.229 e. The van der Waals surface area contributed by atoms with Crippen LogP contribution in [0.15, 0.2) is 47.1 Å². The Bertz CT molecular complexity index is 1890. The number of rotatable bonds is 9. The average molecular weight is 733 g/mol. The number of ether oxygens (including phenoxy) is 1. The molecule has 2 N–H and O–H groups in total. The van der Waals surface area contributed by atoms with E-state index in [4.69, 9.17) is 9.72 Å². The van der Waals surface area contributed by atoms with Crippen LogP contribution in [0, 0.1) is 11.3 Å². The summed E-state index contributed by atoms with van der Waals surface area (Å²) in [6.45, 7) is 12.3. The molecular weight excluding hydrogens is 689 g/mol. The summed E-state index contributed by atoms with van der Waals surface area (Å²) in [5, 5.41) is 17.5. The lowest BCUT2D eigenvalue weighted by molar-refractivity contribution is 0.0982. The predicted molar refractivity (Wildman–Crippen MR) is 199 cm³/mol. The summed E-state index contributed by atoms with van der Waals surface area (Å²) in [6, 6.07) is 14.1. The summed E-state index contributed by atoms with van der Waals surface area (Å²) in [4.78, 5) is 21.3. The average Bonchev–Trinajstić information content (AvgIpc) is 3.09. The zero-order valence-electron chi connectivity index (χ0n) is 28.3. The summed E-state index contributed by atoms with van der Waals surface area (Å²) in [6.07, 6.45) is 4.89. The van der Waals surface area contributed by atoms with E-state index >= 15 is 0 Å². The highest BCUT2D eigenvalue weighted by Gasteiger charge is 2.28. The molecule has 13 heteroatoms. The van der Waals surface area contributed by atoms with Crippen LogP contribution in [0.5, 0.6) is 5.75 Å². The van der Waals surface area contributed by atoms with Gasteiger partial charge in [0.2, 0.25) is 5.95 Å². The van der Waals surface area contributed by atoms with Crippen molar-refractivity contribution in [2.45, 2.75) is 32.2 Å². The maximum Gasteiger partial charge on any atom is 0.229 e. The molecule has 0 atom stereocenters. The van der Waals surface area contributed by atoms with Gasteiger partial charge in [0.15, 0.2) is 0 Å². The Balaban J connectivity index is 1.24. The Morgan fingerprint density at radius 1 is 1.02 bits per heavy atom. The Kier molecular flexibility index (Phi) is 10.2. The van der Waals surface area contributed by atoms with Crippen molar-refractivity contribution >= 4 is 68.1 Å². The van der Waals surface area contributed by atoms with E-state index in [2.05, 4.69) is 83.4 Å². The third-order valence-corrected chi connectivity index (χ3v) is 11.5. The molecule has 11 nitrogen and oxygen atoms in total. The summed E-state index contributed by atoms with van der Waals surface area (Å²) >= 11 is 3.59. The van der Waals surface area contributed by atoms with Crippen LogP contribution in [0.1, 0.15) is 31.0 Å². The molecule has 0 spiro atoms. The number of nitriles is 1. The fourth-order valence-corrected chi connectivity index (χ4v) is 8.58. The van der Waals surface area contributed by atoms with Crippen molar-refractivity contribution in [2.24, 2.45) is 0 Å². The number of aromatic nitrogens is 3. The van der Waals surface area contributed by atoms with Crippen molar-refractivity contribution in [1.29, 1.82) is 5.26 Å². The number of hydrogen-bond donors (Lipinski definition) is 2. The van der Waals surface area contributed by atoms with Crippen molar-refractivity contribution < 1.29 is 9.30 Å². The maximum atomic E-state index is 13.6. The third-order valence-electron chi connectivity index (χ3n) is 9.38. The van der Waals surface area contributed by atoms with Gasteiger partial charge in [-0.1, -0.05) is 6.92 Å². The first-order valence-electron chi connectivity index (χ1n) is 16.4. The second-order valence-electron chi connectivity index (χ2n) is 12.9. The van der Waals surface area contributed by atoms with Gasteiger partial charge in [0.25, 0.3) is 0 Å². The lowest BCUT2D eigenvalue weighted by Crippen LogP contribution is -2.52. The molecule has 6 rings (SSSR count). The second-order valence-corrected chi connectivity index (χ2v) is 16.9. The molecule has 0 aliphatic carbocycles. The first-order valence-corrected chi connectivity index (χ1v) is 19.8. The molecule has 2 aliphatic heterocycles. The summed E-state index contributed by atoms with van der Waals surface area (Å²) in [5.41, 5.74) is 4.83. The zero-order chi connectivity index (χ0) is 34.0. The molecular formula is C35H43BrN9O2P. The molecule has 2 saturated heterocycles. The Labute approximate surface area is 291 Å². The molecule has 0 amide bonds. The number of nitrogens with one attached hydrogen (secondary N) is 2. The van der Waals surface area contributed by atoms with Crippen LogP contribution in [0.25, 0.3) is 10.9 Å². The Morgan fingerprint density at radius 2 is 1.77 bits per heavy atom. The summed E-state index contributed by atoms with van der Waals surface area (Å²) < 4.78 is 20.1. The minimum Gasteiger partial charge on any atom is -0.494 e. The fourth-order valence-electron chi connectivity index (χ4n) is 6.81. The number of benzene rings is 2. The van der Waals surface area contributed by atoms with Gasteiger partial charge in [0, 0.05) is 74.0 Å².